The van der Waals surface area contributed by atoms with Crippen molar-refractivity contribution in [3.8, 4) is 0 Å². The number of amides is 1. The van der Waals surface area contributed by atoms with Crippen LogP contribution in [0.25, 0.3) is 0 Å². The van der Waals surface area contributed by atoms with Crippen molar-refractivity contribution in [2.75, 3.05) is 13.1 Å². The first kappa shape index (κ1) is 22.0. The lowest BCUT2D eigenvalue weighted by atomic mass is 9.56. The molecule has 0 radical (unpaired) electrons. The summed E-state index contributed by atoms with van der Waals surface area (Å²) in [7, 11) is 0. The van der Waals surface area contributed by atoms with Crippen molar-refractivity contribution in [3.05, 3.63) is 35.1 Å². The Balaban J connectivity index is 1.32. The predicted octanol–water partition coefficient (Wildman–Crippen LogP) is 5.81. The zero-order valence-corrected chi connectivity index (χ0v) is 18.3. The first-order valence-electron chi connectivity index (χ1n) is 11.4. The van der Waals surface area contributed by atoms with E-state index >= 15 is 0 Å². The molecule has 3 nitrogen and oxygen atoms in total. The Labute approximate surface area is 175 Å². The lowest BCUT2D eigenvalue weighted by Crippen LogP contribution is -2.48. The summed E-state index contributed by atoms with van der Waals surface area (Å²) >= 11 is 0. The number of aryl methyl sites for hydroxylation is 1. The molecule has 1 aliphatic heterocycles. The number of hydrogen-bond acceptors (Lipinski definition) is 2. The molecule has 2 aliphatic rings. The van der Waals surface area contributed by atoms with Crippen molar-refractivity contribution >= 4 is 11.7 Å². The summed E-state index contributed by atoms with van der Waals surface area (Å²) in [6.45, 7) is 7.51. The maximum absolute atomic E-state index is 13.9. The Kier molecular flexibility index (Phi) is 7.13. The van der Waals surface area contributed by atoms with E-state index in [-0.39, 0.29) is 11.3 Å². The molecule has 0 atom stereocenters. The van der Waals surface area contributed by atoms with Gasteiger partial charge in [-0.2, -0.15) is 0 Å². The Morgan fingerprint density at radius 2 is 1.86 bits per heavy atom. The highest BCUT2D eigenvalue weighted by Gasteiger charge is 2.45. The van der Waals surface area contributed by atoms with Crippen LogP contribution in [0.15, 0.2) is 18.2 Å². The molecule has 1 aromatic carbocycles. The third-order valence-electron chi connectivity index (χ3n) is 6.94. The molecule has 1 aromatic rings. The molecule has 1 saturated carbocycles. The average molecular weight is 402 g/mol. The van der Waals surface area contributed by atoms with Gasteiger partial charge in [0.2, 0.25) is 5.91 Å². The van der Waals surface area contributed by atoms with E-state index in [2.05, 4.69) is 18.7 Å². The minimum atomic E-state index is -0.394. The van der Waals surface area contributed by atoms with Crippen LogP contribution < -0.4 is 0 Å². The number of halogens is 1. The lowest BCUT2D eigenvalue weighted by molar-refractivity contribution is -0.136. The highest BCUT2D eigenvalue weighted by Crippen LogP contribution is 2.54. The number of likely N-dealkylation sites (tertiary alicyclic amines) is 1. The second kappa shape index (κ2) is 9.40. The van der Waals surface area contributed by atoms with E-state index in [4.69, 9.17) is 0 Å². The minimum Gasteiger partial charge on any atom is -0.343 e. The minimum absolute atomic E-state index is 0.186. The van der Waals surface area contributed by atoms with Gasteiger partial charge in [-0.05, 0) is 80.4 Å². The van der Waals surface area contributed by atoms with E-state index in [1.165, 1.54) is 51.5 Å². The van der Waals surface area contributed by atoms with Gasteiger partial charge in [0, 0.05) is 19.5 Å². The monoisotopic (exact) mass is 401 g/mol. The van der Waals surface area contributed by atoms with Gasteiger partial charge < -0.3 is 4.90 Å². The van der Waals surface area contributed by atoms with Gasteiger partial charge in [0.25, 0.3) is 0 Å². The van der Waals surface area contributed by atoms with Crippen molar-refractivity contribution in [1.82, 2.24) is 4.90 Å². The zero-order valence-electron chi connectivity index (χ0n) is 18.3. The number of hydrogen-bond donors (Lipinski definition) is 0. The van der Waals surface area contributed by atoms with E-state index in [1.54, 1.807) is 6.07 Å². The van der Waals surface area contributed by atoms with Gasteiger partial charge in [-0.25, -0.2) is 4.39 Å². The molecule has 0 aromatic heterocycles. The third-order valence-corrected chi connectivity index (χ3v) is 6.94. The Bertz CT molecular complexity index is 726. The fourth-order valence-electron chi connectivity index (χ4n) is 5.25. The molecule has 0 N–H and O–H groups in total. The maximum atomic E-state index is 13.9. The zero-order chi connectivity index (χ0) is 21.0. The summed E-state index contributed by atoms with van der Waals surface area (Å²) in [6, 6.07) is 5.01. The Morgan fingerprint density at radius 1 is 1.17 bits per heavy atom. The lowest BCUT2D eigenvalue weighted by Gasteiger charge is -2.52. The summed E-state index contributed by atoms with van der Waals surface area (Å²) < 4.78 is 13.9. The summed E-state index contributed by atoms with van der Waals surface area (Å²) in [5.41, 5.74) is 1.67. The number of rotatable bonds is 8. The van der Waals surface area contributed by atoms with Gasteiger partial charge in [-0.1, -0.05) is 32.8 Å². The van der Waals surface area contributed by atoms with Crippen molar-refractivity contribution in [2.24, 2.45) is 17.3 Å². The molecule has 1 spiro atoms. The van der Waals surface area contributed by atoms with E-state index < -0.39 is 5.82 Å². The van der Waals surface area contributed by atoms with Crippen molar-refractivity contribution < 1.29 is 14.0 Å². The number of unbranched alkanes of at least 4 members (excludes halogenated alkanes) is 1. The summed E-state index contributed by atoms with van der Waals surface area (Å²) in [4.78, 5) is 25.6. The number of nitrogens with zero attached hydrogens (tertiary/aromatic N) is 1. The Hall–Kier alpha value is -1.71. The van der Waals surface area contributed by atoms with Crippen LogP contribution in [0, 0.1) is 23.1 Å². The van der Waals surface area contributed by atoms with E-state index in [0.29, 0.717) is 23.7 Å². The maximum Gasteiger partial charge on any atom is 0.222 e. The molecule has 1 heterocycles. The molecule has 2 fully saturated rings. The van der Waals surface area contributed by atoms with Crippen LogP contribution in [0.4, 0.5) is 4.39 Å². The molecular formula is C25H36FNO2. The normalized spacial score (nSPS) is 18.9. The third kappa shape index (κ3) is 5.67. The van der Waals surface area contributed by atoms with Crippen molar-refractivity contribution in [1.29, 1.82) is 0 Å². The van der Waals surface area contributed by atoms with Gasteiger partial charge in [0.1, 0.15) is 5.82 Å². The molecule has 160 valence electrons. The smallest absolute Gasteiger partial charge is 0.222 e. The van der Waals surface area contributed by atoms with Crippen LogP contribution in [0.3, 0.4) is 0 Å². The second-order valence-corrected chi connectivity index (χ2v) is 9.87. The molecular weight excluding hydrogens is 365 g/mol. The fraction of sp³-hybridized carbons (Fsp3) is 0.680. The van der Waals surface area contributed by atoms with Crippen LogP contribution in [0.2, 0.25) is 0 Å². The van der Waals surface area contributed by atoms with Crippen LogP contribution in [-0.4, -0.2) is 29.7 Å². The van der Waals surface area contributed by atoms with E-state index in [9.17, 15) is 14.0 Å². The summed E-state index contributed by atoms with van der Waals surface area (Å²) in [5, 5.41) is 0. The first-order chi connectivity index (χ1) is 13.8. The molecule has 1 amide bonds. The van der Waals surface area contributed by atoms with E-state index in [1.807, 2.05) is 6.07 Å². The quantitative estimate of drug-likeness (QED) is 0.407. The molecule has 1 aliphatic carbocycles. The molecule has 0 unspecified atom stereocenters. The Morgan fingerprint density at radius 3 is 2.45 bits per heavy atom. The summed E-state index contributed by atoms with van der Waals surface area (Å²) in [6.07, 6.45) is 10.0. The van der Waals surface area contributed by atoms with Gasteiger partial charge in [-0.3, -0.25) is 9.59 Å². The largest absolute Gasteiger partial charge is 0.343 e. The number of Topliss-reactive ketones (excluding diaryl/α,β-unsaturated/α-hetero) is 1. The first-order valence-corrected chi connectivity index (χ1v) is 11.4. The fourth-order valence-corrected chi connectivity index (χ4v) is 5.25. The highest BCUT2D eigenvalue weighted by atomic mass is 19.1. The van der Waals surface area contributed by atoms with Crippen LogP contribution >= 0.6 is 0 Å². The second-order valence-electron chi connectivity index (χ2n) is 9.87. The summed E-state index contributed by atoms with van der Waals surface area (Å²) in [5.74, 6) is 0.982. The van der Waals surface area contributed by atoms with Crippen molar-refractivity contribution in [2.45, 2.75) is 78.6 Å². The molecule has 4 heteroatoms. The molecule has 29 heavy (non-hydrogen) atoms. The highest BCUT2D eigenvalue weighted by molar-refractivity contribution is 5.94. The topological polar surface area (TPSA) is 37.4 Å². The van der Waals surface area contributed by atoms with Crippen LogP contribution in [0.1, 0.15) is 88.1 Å². The standard InChI is InChI=1S/C25H36FNO2/c1-18(2)14-24(29)27-12-10-25(11-13-27)16-21(17-25)7-5-4-6-20-8-9-22(19(3)28)23(26)15-20/h8-9,15,18,21H,4-7,10-14,16-17H2,1-3H3. The van der Waals surface area contributed by atoms with Gasteiger partial charge in [0.05, 0.1) is 5.56 Å². The SMILES string of the molecule is CC(=O)c1ccc(CCCCC2CC3(CCN(C(=O)CC(C)C)CC3)C2)cc1F. The van der Waals surface area contributed by atoms with Crippen LogP contribution in [0.5, 0.6) is 0 Å². The molecule has 1 saturated heterocycles. The number of benzene rings is 1. The van der Waals surface area contributed by atoms with E-state index in [0.717, 1.165) is 37.4 Å². The van der Waals surface area contributed by atoms with Gasteiger partial charge in [0.15, 0.2) is 5.78 Å². The number of ketones is 1. The molecule has 0 bridgehead atoms. The number of piperidine rings is 1. The van der Waals surface area contributed by atoms with Gasteiger partial charge >= 0.3 is 0 Å². The average Bonchev–Trinajstić information content (AvgIpc) is 2.63. The number of carbonyl (C=O) groups is 2. The van der Waals surface area contributed by atoms with Gasteiger partial charge in [-0.15, -0.1) is 0 Å². The van der Waals surface area contributed by atoms with Crippen LogP contribution in [-0.2, 0) is 11.2 Å². The number of carbonyl (C=O) groups excluding carboxylic acids is 2. The molecule has 3 rings (SSSR count). The predicted molar refractivity (Wildman–Crippen MR) is 114 cm³/mol. The van der Waals surface area contributed by atoms with Crippen molar-refractivity contribution in [3.63, 3.8) is 0 Å².